The summed E-state index contributed by atoms with van der Waals surface area (Å²) < 4.78 is 25.8. The van der Waals surface area contributed by atoms with Gasteiger partial charge in [0.2, 0.25) is 10.0 Å². The highest BCUT2D eigenvalue weighted by molar-refractivity contribution is 7.89. The Morgan fingerprint density at radius 1 is 1.50 bits per heavy atom. The quantitative estimate of drug-likeness (QED) is 0.737. The van der Waals surface area contributed by atoms with E-state index in [0.29, 0.717) is 32.1 Å². The second kappa shape index (κ2) is 5.22. The number of nitrogens with one attached hydrogen (secondary N) is 1. The Hall–Kier alpha value is -0.530. The Kier molecular flexibility index (Phi) is 4.03. The maximum Gasteiger partial charge on any atom is 0.317 e. The molecule has 2 aliphatic heterocycles. The van der Waals surface area contributed by atoms with Crippen molar-refractivity contribution in [3.05, 3.63) is 0 Å². The van der Waals surface area contributed by atoms with Crippen molar-refractivity contribution >= 4 is 27.7 Å². The highest BCUT2D eigenvalue weighted by Crippen LogP contribution is 2.18. The van der Waals surface area contributed by atoms with Crippen molar-refractivity contribution < 1.29 is 13.2 Å². The third-order valence-electron chi connectivity index (χ3n) is 3.35. The Bertz CT molecular complexity index is 428. The van der Waals surface area contributed by atoms with E-state index in [2.05, 4.69) is 5.32 Å². The second-order valence-corrected chi connectivity index (χ2v) is 7.25. The van der Waals surface area contributed by atoms with Gasteiger partial charge in [-0.15, -0.1) is 11.6 Å². The van der Waals surface area contributed by atoms with Gasteiger partial charge in [-0.1, -0.05) is 6.92 Å². The lowest BCUT2D eigenvalue weighted by molar-refractivity contribution is 0.164. The summed E-state index contributed by atoms with van der Waals surface area (Å²) in [5.41, 5.74) is 0. The van der Waals surface area contributed by atoms with Crippen molar-refractivity contribution in [2.24, 2.45) is 5.92 Å². The van der Waals surface area contributed by atoms with Crippen molar-refractivity contribution in [3.63, 3.8) is 0 Å². The maximum absolute atomic E-state index is 12.2. The van der Waals surface area contributed by atoms with E-state index in [0.717, 1.165) is 0 Å². The lowest BCUT2D eigenvalue weighted by Crippen LogP contribution is -2.54. The third-order valence-corrected chi connectivity index (χ3v) is 5.98. The van der Waals surface area contributed by atoms with E-state index in [-0.39, 0.29) is 23.7 Å². The van der Waals surface area contributed by atoms with Crippen molar-refractivity contribution in [1.29, 1.82) is 0 Å². The molecule has 2 rings (SSSR count). The van der Waals surface area contributed by atoms with Gasteiger partial charge in [-0.3, -0.25) is 0 Å². The molecule has 6 nitrogen and oxygen atoms in total. The molecular formula is C10H18ClN3O3S. The van der Waals surface area contributed by atoms with Crippen LogP contribution in [-0.4, -0.2) is 67.5 Å². The van der Waals surface area contributed by atoms with Crippen LogP contribution in [0.1, 0.15) is 6.92 Å². The molecule has 2 saturated heterocycles. The minimum absolute atomic E-state index is 0.0349. The fourth-order valence-corrected chi connectivity index (χ4v) is 4.38. The zero-order valence-corrected chi connectivity index (χ0v) is 11.9. The number of rotatable bonds is 4. The first kappa shape index (κ1) is 13.9. The number of fused-ring (bicyclic) bond motifs is 1. The first-order chi connectivity index (χ1) is 8.44. The molecule has 0 aliphatic carbocycles. The van der Waals surface area contributed by atoms with Crippen LogP contribution in [0.15, 0.2) is 0 Å². The molecule has 0 aromatic rings. The number of urea groups is 1. The zero-order valence-electron chi connectivity index (χ0n) is 10.3. The fraction of sp³-hybridized carbons (Fsp3) is 0.900. The molecule has 2 fully saturated rings. The van der Waals surface area contributed by atoms with Gasteiger partial charge < -0.3 is 10.2 Å². The van der Waals surface area contributed by atoms with Crippen molar-refractivity contribution in [2.45, 2.75) is 13.0 Å². The smallest absolute Gasteiger partial charge is 0.317 e. The number of amides is 2. The molecule has 2 atom stereocenters. The van der Waals surface area contributed by atoms with Crippen LogP contribution in [0.2, 0.25) is 0 Å². The van der Waals surface area contributed by atoms with E-state index in [9.17, 15) is 13.2 Å². The van der Waals surface area contributed by atoms with Crippen LogP contribution in [0.25, 0.3) is 0 Å². The summed E-state index contributed by atoms with van der Waals surface area (Å²) in [6, 6.07) is -0.126. The number of piperazine rings is 1. The Balaban J connectivity index is 2.01. The number of carbonyl (C=O) groups is 1. The molecule has 104 valence electrons. The van der Waals surface area contributed by atoms with Crippen LogP contribution in [0.3, 0.4) is 0 Å². The van der Waals surface area contributed by atoms with Crippen molar-refractivity contribution in [2.75, 3.05) is 37.8 Å². The average molecular weight is 296 g/mol. The highest BCUT2D eigenvalue weighted by Gasteiger charge is 2.39. The SMILES string of the molecule is CC(CCl)CS(=O)(=O)N1CCN2C(=O)NCC2C1. The van der Waals surface area contributed by atoms with Gasteiger partial charge in [0.1, 0.15) is 0 Å². The minimum Gasteiger partial charge on any atom is -0.336 e. The molecule has 0 saturated carbocycles. The van der Waals surface area contributed by atoms with Gasteiger partial charge in [-0.05, 0) is 5.92 Å². The summed E-state index contributed by atoms with van der Waals surface area (Å²) in [7, 11) is -3.27. The number of alkyl halides is 1. The first-order valence-electron chi connectivity index (χ1n) is 6.02. The Morgan fingerprint density at radius 2 is 2.22 bits per heavy atom. The largest absolute Gasteiger partial charge is 0.336 e. The predicted molar refractivity (Wildman–Crippen MR) is 69.1 cm³/mol. The molecule has 0 bridgehead atoms. The molecule has 0 aromatic carbocycles. The monoisotopic (exact) mass is 295 g/mol. The lowest BCUT2D eigenvalue weighted by Gasteiger charge is -2.35. The van der Waals surface area contributed by atoms with Gasteiger partial charge in [0.15, 0.2) is 0 Å². The maximum atomic E-state index is 12.2. The number of nitrogens with zero attached hydrogens (tertiary/aromatic N) is 2. The predicted octanol–water partition coefficient (Wildman–Crippen LogP) is -0.0995. The van der Waals surface area contributed by atoms with Crippen LogP contribution in [0.4, 0.5) is 4.79 Å². The van der Waals surface area contributed by atoms with E-state index in [4.69, 9.17) is 11.6 Å². The summed E-state index contributed by atoms with van der Waals surface area (Å²) in [5.74, 6) is 0.353. The summed E-state index contributed by atoms with van der Waals surface area (Å²) >= 11 is 5.66. The van der Waals surface area contributed by atoms with Gasteiger partial charge in [-0.2, -0.15) is 4.31 Å². The third kappa shape index (κ3) is 2.73. The number of hydrogen-bond acceptors (Lipinski definition) is 3. The van der Waals surface area contributed by atoms with Crippen LogP contribution >= 0.6 is 11.6 Å². The van der Waals surface area contributed by atoms with E-state index in [1.807, 2.05) is 6.92 Å². The molecule has 8 heteroatoms. The molecule has 1 N–H and O–H groups in total. The van der Waals surface area contributed by atoms with E-state index >= 15 is 0 Å². The molecule has 2 heterocycles. The van der Waals surface area contributed by atoms with Gasteiger partial charge in [-0.25, -0.2) is 13.2 Å². The molecule has 2 aliphatic rings. The normalized spacial score (nSPS) is 26.9. The number of sulfonamides is 1. The van der Waals surface area contributed by atoms with Crippen LogP contribution < -0.4 is 5.32 Å². The highest BCUT2D eigenvalue weighted by atomic mass is 35.5. The van der Waals surface area contributed by atoms with Crippen LogP contribution in [0, 0.1) is 5.92 Å². The van der Waals surface area contributed by atoms with E-state index in [1.54, 1.807) is 4.90 Å². The second-order valence-electron chi connectivity index (χ2n) is 4.93. The number of carbonyl (C=O) groups excluding carboxylic acids is 1. The molecule has 18 heavy (non-hydrogen) atoms. The standard InChI is InChI=1S/C10H18ClN3O3S/c1-8(4-11)7-18(16,17)13-2-3-14-9(6-13)5-12-10(14)15/h8-9H,2-7H2,1H3,(H,12,15). The fourth-order valence-electron chi connectivity index (χ4n) is 2.34. The molecule has 2 unspecified atom stereocenters. The van der Waals surface area contributed by atoms with Crippen molar-refractivity contribution in [3.8, 4) is 0 Å². The van der Waals surface area contributed by atoms with Crippen LogP contribution in [-0.2, 0) is 10.0 Å². The summed E-state index contributed by atoms with van der Waals surface area (Å²) in [6.07, 6.45) is 0. The molecule has 0 spiro atoms. The van der Waals surface area contributed by atoms with E-state index in [1.165, 1.54) is 4.31 Å². The van der Waals surface area contributed by atoms with Gasteiger partial charge >= 0.3 is 6.03 Å². The van der Waals surface area contributed by atoms with E-state index < -0.39 is 10.0 Å². The topological polar surface area (TPSA) is 69.7 Å². The summed E-state index contributed by atoms with van der Waals surface area (Å²) in [4.78, 5) is 13.1. The Labute approximate surface area is 112 Å². The molecule has 2 amide bonds. The van der Waals surface area contributed by atoms with Gasteiger partial charge in [0, 0.05) is 32.1 Å². The number of halogens is 1. The van der Waals surface area contributed by atoms with Gasteiger partial charge in [0.05, 0.1) is 11.8 Å². The molecular weight excluding hydrogens is 278 g/mol. The molecule has 0 aromatic heterocycles. The summed E-state index contributed by atoms with van der Waals surface area (Å²) in [5, 5.41) is 2.73. The average Bonchev–Trinajstić information content (AvgIpc) is 2.70. The number of hydrogen-bond donors (Lipinski definition) is 1. The van der Waals surface area contributed by atoms with Crippen LogP contribution in [0.5, 0.6) is 0 Å². The Morgan fingerprint density at radius 3 is 2.89 bits per heavy atom. The zero-order chi connectivity index (χ0) is 13.3. The van der Waals surface area contributed by atoms with Crippen molar-refractivity contribution in [1.82, 2.24) is 14.5 Å². The first-order valence-corrected chi connectivity index (χ1v) is 8.16. The van der Waals surface area contributed by atoms with Gasteiger partial charge in [0.25, 0.3) is 0 Å². The summed E-state index contributed by atoms with van der Waals surface area (Å²) in [6.45, 7) is 3.57. The lowest BCUT2D eigenvalue weighted by atomic mass is 10.2. The molecule has 0 radical (unpaired) electrons. The minimum atomic E-state index is -3.27.